The molecule has 0 aliphatic rings. The summed E-state index contributed by atoms with van der Waals surface area (Å²) in [4.78, 5) is 45.7. The van der Waals surface area contributed by atoms with Crippen molar-refractivity contribution in [3.05, 3.63) is 82.5 Å². The number of nitrogens with zero attached hydrogens (tertiary/aromatic N) is 3. The fraction of sp³-hybridized carbons (Fsp3) is 0.276. The summed E-state index contributed by atoms with van der Waals surface area (Å²) in [5.74, 6) is -1.34. The molecule has 2 aromatic carbocycles. The minimum Gasteiger partial charge on any atom is -0.395 e. The van der Waals surface area contributed by atoms with Crippen molar-refractivity contribution < 1.29 is 14.4 Å². The predicted octanol–water partition coefficient (Wildman–Crippen LogP) is 4.49. The number of nitrogen functional groups attached to an aromatic ring is 1. The molecule has 5 N–H and O–H groups in total. The van der Waals surface area contributed by atoms with Crippen LogP contribution in [0.15, 0.2) is 60.8 Å². The number of carbonyl (C=O) groups is 3. The summed E-state index contributed by atoms with van der Waals surface area (Å²) < 4.78 is 4.01. The van der Waals surface area contributed by atoms with Crippen LogP contribution >= 0.6 is 11.5 Å². The number of amides is 3. The van der Waals surface area contributed by atoms with E-state index in [9.17, 15) is 14.4 Å². The summed E-state index contributed by atoms with van der Waals surface area (Å²) in [5, 5.41) is 3.84. The van der Waals surface area contributed by atoms with Crippen molar-refractivity contribution in [1.82, 2.24) is 14.7 Å². The molecular formula is C29H32N6O3S. The first-order valence-electron chi connectivity index (χ1n) is 12.8. The lowest BCUT2D eigenvalue weighted by atomic mass is 9.99. The van der Waals surface area contributed by atoms with Gasteiger partial charge in [-0.3, -0.25) is 24.3 Å². The molecule has 0 bridgehead atoms. The SMILES string of the molecule is CCc1ccc(N(C(=O)c2snc(C(N)=O)c2N)[C@H](C(=O)NCCC(C)C)c2ccc3ncccc3c2)cc1. The van der Waals surface area contributed by atoms with Gasteiger partial charge in [-0.2, -0.15) is 4.37 Å². The standard InChI is InChI=1S/C29H32N6O3S/c1-4-18-7-10-21(11-8-18)35(29(38)26-23(30)24(27(31)36)34-39-26)25(28(37)33-15-13-17(2)3)20-9-12-22-19(16-20)6-5-14-32-22/h5-12,14,16-17,25H,4,13,15,30H2,1-3H3,(H2,31,36)(H,33,37)/t25-/m0/s1. The van der Waals surface area contributed by atoms with Gasteiger partial charge in [0.05, 0.1) is 11.2 Å². The van der Waals surface area contributed by atoms with Crippen molar-refractivity contribution in [2.45, 2.75) is 39.7 Å². The minimum atomic E-state index is -1.04. The molecule has 1 atom stereocenters. The second-order valence-corrected chi connectivity index (χ2v) is 10.4. The zero-order chi connectivity index (χ0) is 28.1. The molecule has 0 saturated carbocycles. The highest BCUT2D eigenvalue weighted by Crippen LogP contribution is 2.34. The van der Waals surface area contributed by atoms with E-state index in [0.29, 0.717) is 23.7 Å². The molecule has 2 aromatic heterocycles. The number of aryl methyl sites for hydroxylation is 1. The van der Waals surface area contributed by atoms with Gasteiger partial charge in [0.25, 0.3) is 11.8 Å². The highest BCUT2D eigenvalue weighted by Gasteiger charge is 2.36. The van der Waals surface area contributed by atoms with Crippen LogP contribution in [0.2, 0.25) is 0 Å². The number of carbonyl (C=O) groups excluding carboxylic acids is 3. The normalized spacial score (nSPS) is 11.9. The van der Waals surface area contributed by atoms with Crippen molar-refractivity contribution in [1.29, 1.82) is 0 Å². The molecule has 202 valence electrons. The number of rotatable bonds is 10. The van der Waals surface area contributed by atoms with E-state index in [1.807, 2.05) is 43.3 Å². The van der Waals surface area contributed by atoms with E-state index >= 15 is 0 Å². The fourth-order valence-corrected chi connectivity index (χ4v) is 5.02. The Balaban J connectivity index is 1.88. The van der Waals surface area contributed by atoms with Crippen LogP contribution in [0.1, 0.15) is 64.5 Å². The summed E-state index contributed by atoms with van der Waals surface area (Å²) in [6.07, 6.45) is 3.30. The fourth-order valence-electron chi connectivity index (χ4n) is 4.28. The van der Waals surface area contributed by atoms with Crippen LogP contribution < -0.4 is 21.7 Å². The number of aromatic nitrogens is 2. The van der Waals surface area contributed by atoms with E-state index in [-0.39, 0.29) is 22.2 Å². The second-order valence-electron chi connectivity index (χ2n) is 9.67. The summed E-state index contributed by atoms with van der Waals surface area (Å²) >= 11 is 0.783. The van der Waals surface area contributed by atoms with Crippen molar-refractivity contribution in [2.24, 2.45) is 11.7 Å². The van der Waals surface area contributed by atoms with Crippen LogP contribution in [0.4, 0.5) is 11.4 Å². The average Bonchev–Trinajstić information content (AvgIpc) is 3.32. The van der Waals surface area contributed by atoms with Gasteiger partial charge < -0.3 is 16.8 Å². The molecule has 0 unspecified atom stereocenters. The predicted molar refractivity (Wildman–Crippen MR) is 155 cm³/mol. The van der Waals surface area contributed by atoms with Crippen LogP contribution in [0.25, 0.3) is 10.9 Å². The van der Waals surface area contributed by atoms with Gasteiger partial charge in [0, 0.05) is 23.8 Å². The first-order valence-corrected chi connectivity index (χ1v) is 13.6. The largest absolute Gasteiger partial charge is 0.395 e. The Labute approximate surface area is 231 Å². The van der Waals surface area contributed by atoms with E-state index in [2.05, 4.69) is 28.5 Å². The molecule has 0 aliphatic heterocycles. The number of anilines is 2. The third-order valence-corrected chi connectivity index (χ3v) is 7.32. The molecule has 39 heavy (non-hydrogen) atoms. The molecule has 0 fully saturated rings. The highest BCUT2D eigenvalue weighted by atomic mass is 32.1. The van der Waals surface area contributed by atoms with E-state index < -0.39 is 17.9 Å². The van der Waals surface area contributed by atoms with Gasteiger partial charge in [-0.15, -0.1) is 0 Å². The van der Waals surface area contributed by atoms with E-state index in [1.165, 1.54) is 4.90 Å². The summed E-state index contributed by atoms with van der Waals surface area (Å²) in [6.45, 7) is 6.64. The maximum atomic E-state index is 14.2. The second kappa shape index (κ2) is 12.0. The topological polar surface area (TPSA) is 144 Å². The number of hydrogen-bond acceptors (Lipinski definition) is 7. The number of hydrogen-bond donors (Lipinski definition) is 3. The highest BCUT2D eigenvalue weighted by molar-refractivity contribution is 7.09. The number of pyridine rings is 1. The lowest BCUT2D eigenvalue weighted by Gasteiger charge is -2.31. The van der Waals surface area contributed by atoms with Crippen molar-refractivity contribution in [3.8, 4) is 0 Å². The molecule has 4 rings (SSSR count). The number of primary amides is 1. The molecule has 0 radical (unpaired) electrons. The van der Waals surface area contributed by atoms with Crippen LogP contribution in [-0.4, -0.2) is 33.6 Å². The smallest absolute Gasteiger partial charge is 0.273 e. The van der Waals surface area contributed by atoms with E-state index in [0.717, 1.165) is 40.8 Å². The van der Waals surface area contributed by atoms with E-state index in [4.69, 9.17) is 11.5 Å². The molecule has 0 aliphatic carbocycles. The maximum absolute atomic E-state index is 14.2. The lowest BCUT2D eigenvalue weighted by molar-refractivity contribution is -0.122. The summed E-state index contributed by atoms with van der Waals surface area (Å²) in [5.41, 5.74) is 14.2. The molecular weight excluding hydrogens is 512 g/mol. The first kappa shape index (κ1) is 27.7. The van der Waals surface area contributed by atoms with E-state index in [1.54, 1.807) is 24.4 Å². The van der Waals surface area contributed by atoms with Crippen LogP contribution in [-0.2, 0) is 11.2 Å². The van der Waals surface area contributed by atoms with Crippen LogP contribution in [0.3, 0.4) is 0 Å². The zero-order valence-corrected chi connectivity index (χ0v) is 23.0. The summed E-state index contributed by atoms with van der Waals surface area (Å²) in [7, 11) is 0. The van der Waals surface area contributed by atoms with Crippen molar-refractivity contribution in [2.75, 3.05) is 17.2 Å². The van der Waals surface area contributed by atoms with Gasteiger partial charge in [0.2, 0.25) is 5.91 Å². The maximum Gasteiger partial charge on any atom is 0.273 e. The van der Waals surface area contributed by atoms with Gasteiger partial charge in [0.15, 0.2) is 5.69 Å². The van der Waals surface area contributed by atoms with Gasteiger partial charge in [-0.05, 0) is 71.8 Å². The monoisotopic (exact) mass is 544 g/mol. The Hall–Kier alpha value is -4.31. The number of benzene rings is 2. The van der Waals surface area contributed by atoms with Gasteiger partial charge >= 0.3 is 0 Å². The molecule has 3 amide bonds. The molecule has 0 saturated heterocycles. The van der Waals surface area contributed by atoms with Gasteiger partial charge in [0.1, 0.15) is 10.9 Å². The number of nitrogens with one attached hydrogen (secondary N) is 1. The van der Waals surface area contributed by atoms with Crippen molar-refractivity contribution in [3.63, 3.8) is 0 Å². The Morgan fingerprint density at radius 1 is 1.08 bits per heavy atom. The lowest BCUT2D eigenvalue weighted by Crippen LogP contribution is -2.44. The van der Waals surface area contributed by atoms with Gasteiger partial charge in [-0.25, -0.2) is 0 Å². The summed E-state index contributed by atoms with van der Waals surface area (Å²) in [6, 6.07) is 15.6. The molecule has 0 spiro atoms. The Kier molecular flexibility index (Phi) is 8.55. The zero-order valence-electron chi connectivity index (χ0n) is 22.2. The van der Waals surface area contributed by atoms with Crippen LogP contribution in [0, 0.1) is 5.92 Å². The minimum absolute atomic E-state index is 0.0332. The average molecular weight is 545 g/mol. The Bertz CT molecular complexity index is 1500. The number of nitrogens with two attached hydrogens (primary N) is 2. The molecule has 2 heterocycles. The van der Waals surface area contributed by atoms with Crippen LogP contribution in [0.5, 0.6) is 0 Å². The quantitative estimate of drug-likeness (QED) is 0.268. The molecule has 4 aromatic rings. The molecule has 9 nitrogen and oxygen atoms in total. The molecule has 10 heteroatoms. The number of fused-ring (bicyclic) bond motifs is 1. The first-order chi connectivity index (χ1) is 18.7. The van der Waals surface area contributed by atoms with Gasteiger partial charge in [-0.1, -0.05) is 45.0 Å². The van der Waals surface area contributed by atoms with Crippen molar-refractivity contribution >= 4 is 51.5 Å². The third-order valence-electron chi connectivity index (χ3n) is 6.47. The third kappa shape index (κ3) is 6.06. The Morgan fingerprint density at radius 2 is 1.82 bits per heavy atom. The Morgan fingerprint density at radius 3 is 2.46 bits per heavy atom.